The maximum Gasteiger partial charge on any atom is 0.326 e. The quantitative estimate of drug-likeness (QED) is 0.0216. The van der Waals surface area contributed by atoms with E-state index >= 15 is 4.79 Å². The van der Waals surface area contributed by atoms with Crippen LogP contribution in [-0.2, 0) is 81.6 Å². The summed E-state index contributed by atoms with van der Waals surface area (Å²) >= 11 is 0. The number of carboxylic acids is 2. The van der Waals surface area contributed by atoms with Crippen LogP contribution in [0.4, 0.5) is 0 Å². The SMILES string of the molecule is CC[C@H](C)[C@H](NC(=O)[C@H](Cc1ccccc1)NC(=O)[C@H](CCCN=C(N)N)NC(=O)[C@@H]1CCCN1C(=O)[C@H](Cc1ccccc1)NC(=O)[C@@H](NC(=O)[C@H](Cc1ccccc1)NC(=O)[C@@H](NC(=O)[C@H](CC(C)C)NC(=O)[C@H](CCC(=O)O)NC(=O)[C@H](CC(C)C)NC(=O)CN)[C@@H](C)CC)C(C)C)C(=O)O. The summed E-state index contributed by atoms with van der Waals surface area (Å²) in [5.41, 5.74) is 18.6. The number of carboxylic acid groups (broad SMARTS) is 2. The number of benzene rings is 3. The van der Waals surface area contributed by atoms with Gasteiger partial charge in [0.2, 0.25) is 65.0 Å². The molecule has 4 rings (SSSR count). The predicted octanol–water partition coefficient (Wildman–Crippen LogP) is 1.36. The molecule has 3 aromatic carbocycles. The van der Waals surface area contributed by atoms with Gasteiger partial charge in [-0.3, -0.25) is 62.5 Å². The normalized spacial score (nSPS) is 16.2. The van der Waals surface area contributed by atoms with Gasteiger partial charge in [-0.2, -0.15) is 0 Å². The summed E-state index contributed by atoms with van der Waals surface area (Å²) in [4.78, 5) is 187. The Bertz CT molecular complexity index is 3380. The molecule has 0 saturated carbocycles. The maximum atomic E-state index is 15.2. The average molecular weight is 1450 g/mol. The van der Waals surface area contributed by atoms with Gasteiger partial charge in [0.25, 0.3) is 0 Å². The van der Waals surface area contributed by atoms with E-state index in [0.717, 1.165) is 0 Å². The minimum Gasteiger partial charge on any atom is -0.481 e. The van der Waals surface area contributed by atoms with Crippen LogP contribution in [0.2, 0.25) is 0 Å². The van der Waals surface area contributed by atoms with E-state index in [0.29, 0.717) is 36.0 Å². The highest BCUT2D eigenvalue weighted by Gasteiger charge is 2.42. The first-order valence-electron chi connectivity index (χ1n) is 35.9. The maximum absolute atomic E-state index is 15.2. The van der Waals surface area contributed by atoms with E-state index in [4.69, 9.17) is 17.2 Å². The zero-order valence-electron chi connectivity index (χ0n) is 61.5. The summed E-state index contributed by atoms with van der Waals surface area (Å²) in [6.07, 6.45) is 0.319. The van der Waals surface area contributed by atoms with E-state index in [1.54, 1.807) is 146 Å². The molecule has 18 N–H and O–H groups in total. The number of hydrogen-bond donors (Lipinski definition) is 15. The Labute approximate surface area is 609 Å². The van der Waals surface area contributed by atoms with Crippen molar-refractivity contribution in [3.05, 3.63) is 108 Å². The number of carbonyl (C=O) groups excluding carboxylic acids is 11. The highest BCUT2D eigenvalue weighted by Crippen LogP contribution is 2.22. The van der Waals surface area contributed by atoms with Crippen LogP contribution in [0.3, 0.4) is 0 Å². The molecule has 13 atom stereocenters. The van der Waals surface area contributed by atoms with Crippen LogP contribution < -0.4 is 70.4 Å². The lowest BCUT2D eigenvalue weighted by molar-refractivity contribution is -0.144. The number of aliphatic imine (C=N–C) groups is 1. The lowest BCUT2D eigenvalue weighted by atomic mass is 9.95. The van der Waals surface area contributed by atoms with Gasteiger partial charge in [-0.05, 0) is 91.2 Å². The zero-order valence-corrected chi connectivity index (χ0v) is 61.5. The molecular formula is C74H111N15O15. The van der Waals surface area contributed by atoms with Crippen molar-refractivity contribution in [2.24, 2.45) is 51.8 Å². The molecule has 1 saturated heterocycles. The molecular weight excluding hydrogens is 1340 g/mol. The topological polar surface area (TPSA) is 476 Å². The smallest absolute Gasteiger partial charge is 0.326 e. The third-order valence-corrected chi connectivity index (χ3v) is 18.1. The lowest BCUT2D eigenvalue weighted by Gasteiger charge is -2.32. The van der Waals surface area contributed by atoms with E-state index in [-0.39, 0.29) is 82.3 Å². The molecule has 0 bridgehead atoms. The standard InChI is InChI=1S/C74H111N15O15/c1-11-45(9)61(87-66(96)53(37-43(5)6)82-64(94)51(32-33-59(91)92)80-65(95)52(36-42(3)4)79-58(90)41-75)71(101)84-55(39-48-26-18-14-19-27-48)67(97)86-60(44(7)8)70(100)85-56(40-49-28-20-15-21-29-49)72(102)89-35-23-31-57(89)69(99)81-50(30-22-34-78-74(76)77)63(93)83-54(38-47-24-16-13-17-25-47)68(98)88-62(73(103)104)46(10)12-2/h13-21,24-29,42-46,50-57,60-62H,11-12,22-23,30-41,75H2,1-10H3,(H,79,90)(H,80,95)(H,81,99)(H,82,94)(H,83,93)(H,84,101)(H,85,100)(H,86,97)(H,87,96)(H,88,98)(H,91,92)(H,103,104)(H4,76,77,78)/t45-,46-,50-,51-,52-,53-,54-,55-,56-,57-,60-,61-,62-/m0/s1. The van der Waals surface area contributed by atoms with Crippen LogP contribution in [0.25, 0.3) is 0 Å². The molecule has 1 fully saturated rings. The van der Waals surface area contributed by atoms with E-state index in [2.05, 4.69) is 58.2 Å². The second-order valence-electron chi connectivity index (χ2n) is 27.9. The first-order chi connectivity index (χ1) is 49.3. The number of guanidine groups is 1. The number of nitrogens with two attached hydrogens (primary N) is 3. The molecule has 1 aliphatic heterocycles. The Morgan fingerprint density at radius 2 is 0.875 bits per heavy atom. The number of nitrogens with zero attached hydrogens (tertiary/aromatic N) is 2. The molecule has 30 heteroatoms. The van der Waals surface area contributed by atoms with Crippen molar-refractivity contribution in [1.82, 2.24) is 58.1 Å². The number of amides is 11. The van der Waals surface area contributed by atoms with Gasteiger partial charge in [0.1, 0.15) is 66.5 Å². The van der Waals surface area contributed by atoms with E-state index in [1.165, 1.54) is 4.90 Å². The highest BCUT2D eigenvalue weighted by atomic mass is 16.4. The van der Waals surface area contributed by atoms with Gasteiger partial charge in [0.15, 0.2) is 5.96 Å². The lowest BCUT2D eigenvalue weighted by Crippen LogP contribution is -2.62. The largest absolute Gasteiger partial charge is 0.481 e. The van der Waals surface area contributed by atoms with Crippen molar-refractivity contribution >= 4 is 82.9 Å². The molecule has 104 heavy (non-hydrogen) atoms. The van der Waals surface area contributed by atoms with Crippen molar-refractivity contribution in [2.75, 3.05) is 19.6 Å². The van der Waals surface area contributed by atoms with Crippen molar-refractivity contribution in [3.63, 3.8) is 0 Å². The van der Waals surface area contributed by atoms with E-state index in [1.807, 2.05) is 13.8 Å². The molecule has 0 aliphatic carbocycles. The van der Waals surface area contributed by atoms with Crippen molar-refractivity contribution in [3.8, 4) is 0 Å². The molecule has 0 radical (unpaired) electrons. The summed E-state index contributed by atoms with van der Waals surface area (Å²) in [6.45, 7) is 17.1. The van der Waals surface area contributed by atoms with Gasteiger partial charge in [0.05, 0.1) is 6.54 Å². The van der Waals surface area contributed by atoms with Gasteiger partial charge in [-0.15, -0.1) is 0 Å². The predicted molar refractivity (Wildman–Crippen MR) is 391 cm³/mol. The number of aliphatic carboxylic acids is 2. The van der Waals surface area contributed by atoms with Crippen LogP contribution in [0.1, 0.15) is 150 Å². The van der Waals surface area contributed by atoms with Crippen LogP contribution >= 0.6 is 0 Å². The van der Waals surface area contributed by atoms with Gasteiger partial charge in [-0.1, -0.05) is 173 Å². The monoisotopic (exact) mass is 1450 g/mol. The summed E-state index contributed by atoms with van der Waals surface area (Å²) in [7, 11) is 0. The second kappa shape index (κ2) is 43.8. The molecule has 11 amide bonds. The molecule has 572 valence electrons. The van der Waals surface area contributed by atoms with Gasteiger partial charge in [-0.25, -0.2) is 4.79 Å². The summed E-state index contributed by atoms with van der Waals surface area (Å²) in [5.74, 6) is -13.3. The fraction of sp³-hybridized carbons (Fsp3) is 0.568. The number of rotatable bonds is 44. The van der Waals surface area contributed by atoms with Gasteiger partial charge < -0.3 is 85.5 Å². The number of carbonyl (C=O) groups is 13. The Balaban J connectivity index is 1.65. The van der Waals surface area contributed by atoms with Crippen molar-refractivity contribution in [1.29, 1.82) is 0 Å². The number of nitrogens with one attached hydrogen (secondary N) is 10. The minimum atomic E-state index is -1.49. The molecule has 30 nitrogen and oxygen atoms in total. The van der Waals surface area contributed by atoms with Crippen molar-refractivity contribution in [2.45, 2.75) is 219 Å². The minimum absolute atomic E-state index is 0.0159. The molecule has 0 unspecified atom stereocenters. The van der Waals surface area contributed by atoms with Crippen LogP contribution in [0.5, 0.6) is 0 Å². The van der Waals surface area contributed by atoms with Gasteiger partial charge in [0, 0.05) is 38.8 Å². The van der Waals surface area contributed by atoms with E-state index < -0.39 is 181 Å². The Kier molecular flexibility index (Phi) is 36.4. The first-order valence-corrected chi connectivity index (χ1v) is 35.9. The van der Waals surface area contributed by atoms with Gasteiger partial charge >= 0.3 is 11.9 Å². The molecule has 1 heterocycles. The fourth-order valence-corrected chi connectivity index (χ4v) is 11.9. The second-order valence-corrected chi connectivity index (χ2v) is 27.9. The third kappa shape index (κ3) is 29.0. The van der Waals surface area contributed by atoms with Crippen LogP contribution in [-0.4, -0.2) is 184 Å². The molecule has 3 aromatic rings. The summed E-state index contributed by atoms with van der Waals surface area (Å²) in [5, 5.41) is 46.9. The Morgan fingerprint density at radius 1 is 0.481 bits per heavy atom. The summed E-state index contributed by atoms with van der Waals surface area (Å²) < 4.78 is 0. The zero-order chi connectivity index (χ0) is 77.3. The van der Waals surface area contributed by atoms with E-state index in [9.17, 15) is 67.7 Å². The average Bonchev–Trinajstić information content (AvgIpc) is 1.58. The fourth-order valence-electron chi connectivity index (χ4n) is 11.9. The number of hydrogen-bond acceptors (Lipinski definition) is 15. The van der Waals surface area contributed by atoms with Crippen LogP contribution in [0.15, 0.2) is 96.0 Å². The van der Waals surface area contributed by atoms with Crippen molar-refractivity contribution < 1.29 is 72.5 Å². The molecule has 0 spiro atoms. The molecule has 0 aromatic heterocycles. The summed E-state index contributed by atoms with van der Waals surface area (Å²) in [6, 6.07) is 11.6. The third-order valence-electron chi connectivity index (χ3n) is 18.1. The highest BCUT2D eigenvalue weighted by molar-refractivity contribution is 6.00. The first kappa shape index (κ1) is 86.4. The Morgan fingerprint density at radius 3 is 1.34 bits per heavy atom. The van der Waals surface area contributed by atoms with Crippen LogP contribution in [0, 0.1) is 29.6 Å². The Hall–Kier alpha value is -10.00. The number of likely N-dealkylation sites (tertiary alicyclic amines) is 1. The molecule has 1 aliphatic rings.